The quantitative estimate of drug-likeness (QED) is 0.209. The van der Waals surface area contributed by atoms with Gasteiger partial charge < -0.3 is 4.74 Å². The highest BCUT2D eigenvalue weighted by molar-refractivity contribution is 7.71. The third-order valence-corrected chi connectivity index (χ3v) is 8.09. The molecule has 0 saturated heterocycles. The van der Waals surface area contributed by atoms with Gasteiger partial charge in [-0.15, -0.1) is 0 Å². The first kappa shape index (κ1) is 27.8. The molecule has 3 aromatic carbocycles. The van der Waals surface area contributed by atoms with Gasteiger partial charge in [0.05, 0.1) is 12.1 Å². The first-order valence-electron chi connectivity index (χ1n) is 12.2. The first-order valence-corrected chi connectivity index (χ1v) is 13.8. The van der Waals surface area contributed by atoms with E-state index >= 15 is 0 Å². The minimum absolute atomic E-state index is 0.0178. The lowest BCUT2D eigenvalue weighted by atomic mass is 9.81. The third kappa shape index (κ3) is 5.31. The van der Waals surface area contributed by atoms with Crippen LogP contribution in [0.5, 0.6) is 5.75 Å². The van der Waals surface area contributed by atoms with Crippen LogP contribution in [0.1, 0.15) is 102 Å². The number of rotatable bonds is 9. The maximum Gasteiger partial charge on any atom is 0.459 e. The van der Waals surface area contributed by atoms with E-state index in [4.69, 9.17) is 16.3 Å². The standard InChI is InChI=1S/C30H33ClO4P/c1-17(2)21-16-22(18(3)4)29(36(34)30(33)27-23(31)14-11-15-24(27)35-7)25(19(5)6)26(21)28(32)20-12-9-8-10-13-20/h8-19H,1-7H3/q+1. The number of carbonyl (C=O) groups excluding carboxylic acids is 2. The molecule has 0 amide bonds. The minimum Gasteiger partial charge on any atom is -0.496 e. The van der Waals surface area contributed by atoms with Gasteiger partial charge in [-0.25, -0.2) is 4.79 Å². The summed E-state index contributed by atoms with van der Waals surface area (Å²) in [5, 5.41) is 0.616. The SMILES string of the molecule is COc1cccc(Cl)c1C(=O)[P+](=O)c1c(C(C)C)cc(C(C)C)c(C(=O)c2ccccc2)c1C(C)C. The van der Waals surface area contributed by atoms with E-state index in [-0.39, 0.29) is 39.9 Å². The van der Waals surface area contributed by atoms with Crippen molar-refractivity contribution in [2.75, 3.05) is 7.11 Å². The number of hydrogen-bond acceptors (Lipinski definition) is 4. The molecule has 0 saturated carbocycles. The molecule has 0 fully saturated rings. The summed E-state index contributed by atoms with van der Waals surface area (Å²) in [6, 6.07) is 15.9. The molecular weight excluding hydrogens is 491 g/mol. The van der Waals surface area contributed by atoms with Crippen LogP contribution in [0.15, 0.2) is 54.6 Å². The zero-order valence-electron chi connectivity index (χ0n) is 21.9. The average molecular weight is 524 g/mol. The molecule has 0 spiro atoms. The van der Waals surface area contributed by atoms with Crippen LogP contribution in [0.2, 0.25) is 5.02 Å². The smallest absolute Gasteiger partial charge is 0.459 e. The molecule has 4 nitrogen and oxygen atoms in total. The van der Waals surface area contributed by atoms with E-state index in [1.165, 1.54) is 7.11 Å². The van der Waals surface area contributed by atoms with Gasteiger partial charge in [0.1, 0.15) is 11.3 Å². The number of halogens is 1. The van der Waals surface area contributed by atoms with E-state index in [0.717, 1.165) is 11.1 Å². The van der Waals surface area contributed by atoms with E-state index in [1.54, 1.807) is 30.3 Å². The molecule has 0 aliphatic carbocycles. The van der Waals surface area contributed by atoms with Crippen LogP contribution in [0.3, 0.4) is 0 Å². The van der Waals surface area contributed by atoms with E-state index < -0.39 is 13.3 Å². The predicted molar refractivity (Wildman–Crippen MR) is 148 cm³/mol. The molecule has 0 N–H and O–H groups in total. The fourth-order valence-electron chi connectivity index (χ4n) is 4.49. The number of ether oxygens (including phenoxy) is 1. The molecule has 36 heavy (non-hydrogen) atoms. The molecule has 0 aliphatic heterocycles. The minimum atomic E-state index is -2.60. The van der Waals surface area contributed by atoms with Crippen LogP contribution in [0.4, 0.5) is 0 Å². The Morgan fingerprint density at radius 1 is 0.806 bits per heavy atom. The van der Waals surface area contributed by atoms with Gasteiger partial charge in [0.2, 0.25) is 5.30 Å². The lowest BCUT2D eigenvalue weighted by molar-refractivity contribution is 0.103. The van der Waals surface area contributed by atoms with Crippen LogP contribution >= 0.6 is 19.4 Å². The number of hydrogen-bond donors (Lipinski definition) is 0. The van der Waals surface area contributed by atoms with E-state index in [9.17, 15) is 14.2 Å². The topological polar surface area (TPSA) is 60.4 Å². The van der Waals surface area contributed by atoms with Crippen LogP contribution < -0.4 is 10.0 Å². The second-order valence-electron chi connectivity index (χ2n) is 9.77. The monoisotopic (exact) mass is 523 g/mol. The van der Waals surface area contributed by atoms with Crippen molar-refractivity contribution in [3.8, 4) is 5.75 Å². The van der Waals surface area contributed by atoms with Crippen molar-refractivity contribution in [3.05, 3.63) is 93.0 Å². The summed E-state index contributed by atoms with van der Waals surface area (Å²) in [5.74, 6) is 0.0154. The number of ketones is 1. The van der Waals surface area contributed by atoms with Crippen LogP contribution in [0.25, 0.3) is 0 Å². The van der Waals surface area contributed by atoms with E-state index in [2.05, 4.69) is 0 Å². The fourth-order valence-corrected chi connectivity index (χ4v) is 6.59. The zero-order valence-corrected chi connectivity index (χ0v) is 23.5. The van der Waals surface area contributed by atoms with Crippen molar-refractivity contribution in [1.82, 2.24) is 0 Å². The van der Waals surface area contributed by atoms with Gasteiger partial charge in [-0.05, 0) is 41.5 Å². The van der Waals surface area contributed by atoms with Crippen molar-refractivity contribution in [2.45, 2.75) is 59.3 Å². The number of methoxy groups -OCH3 is 1. The van der Waals surface area contributed by atoms with Gasteiger partial charge in [-0.2, -0.15) is 0 Å². The summed E-state index contributed by atoms with van der Waals surface area (Å²) in [7, 11) is -1.16. The normalized spacial score (nSPS) is 11.8. The Morgan fingerprint density at radius 3 is 1.94 bits per heavy atom. The molecule has 1 atom stereocenters. The summed E-state index contributed by atoms with van der Waals surface area (Å²) in [6.45, 7) is 12.1. The molecule has 0 aromatic heterocycles. The van der Waals surface area contributed by atoms with E-state index in [0.29, 0.717) is 22.0 Å². The van der Waals surface area contributed by atoms with Gasteiger partial charge >= 0.3 is 13.3 Å². The second kappa shape index (κ2) is 11.5. The summed E-state index contributed by atoms with van der Waals surface area (Å²) < 4.78 is 19.6. The Morgan fingerprint density at radius 2 is 1.42 bits per heavy atom. The highest BCUT2D eigenvalue weighted by Crippen LogP contribution is 2.42. The Bertz CT molecular complexity index is 1310. The van der Waals surface area contributed by atoms with Gasteiger partial charge in [0, 0.05) is 22.3 Å². The Hall–Kier alpha value is -2.81. The summed E-state index contributed by atoms with van der Waals surface area (Å²) in [5.41, 5.74) is 2.95. The summed E-state index contributed by atoms with van der Waals surface area (Å²) in [4.78, 5) is 27.7. The molecule has 1 unspecified atom stereocenters. The molecule has 0 radical (unpaired) electrons. The van der Waals surface area contributed by atoms with Crippen molar-refractivity contribution in [1.29, 1.82) is 0 Å². The van der Waals surface area contributed by atoms with Crippen molar-refractivity contribution < 1.29 is 18.9 Å². The maximum atomic E-state index is 14.2. The fraction of sp³-hybridized carbons (Fsp3) is 0.333. The molecule has 6 heteroatoms. The molecular formula is C30H33ClO4P+. The lowest BCUT2D eigenvalue weighted by Gasteiger charge is -2.22. The van der Waals surface area contributed by atoms with Crippen molar-refractivity contribution in [2.24, 2.45) is 0 Å². The van der Waals surface area contributed by atoms with Crippen molar-refractivity contribution in [3.63, 3.8) is 0 Å². The van der Waals surface area contributed by atoms with Gasteiger partial charge in [-0.3, -0.25) is 4.79 Å². The molecule has 188 valence electrons. The molecule has 3 aromatic rings. The summed E-state index contributed by atoms with van der Waals surface area (Å²) >= 11 is 6.38. The van der Waals surface area contributed by atoms with Gasteiger partial charge in [0.25, 0.3) is 0 Å². The maximum absolute atomic E-state index is 14.2. The van der Waals surface area contributed by atoms with Crippen LogP contribution in [-0.4, -0.2) is 18.4 Å². The first-order chi connectivity index (χ1) is 17.0. The van der Waals surface area contributed by atoms with E-state index in [1.807, 2.05) is 65.8 Å². The van der Waals surface area contributed by atoms with Gasteiger partial charge in [-0.1, -0.05) is 94.1 Å². The van der Waals surface area contributed by atoms with Crippen LogP contribution in [-0.2, 0) is 4.57 Å². The highest BCUT2D eigenvalue weighted by Gasteiger charge is 2.43. The Kier molecular flexibility index (Phi) is 8.87. The Balaban J connectivity index is 2.40. The largest absolute Gasteiger partial charge is 0.496 e. The molecule has 0 aliphatic rings. The van der Waals surface area contributed by atoms with Gasteiger partial charge in [0.15, 0.2) is 5.78 Å². The Labute approximate surface area is 219 Å². The number of carbonyl (C=O) groups is 2. The summed E-state index contributed by atoms with van der Waals surface area (Å²) in [6.07, 6.45) is 0. The van der Waals surface area contributed by atoms with Crippen molar-refractivity contribution >= 4 is 36.0 Å². The third-order valence-electron chi connectivity index (χ3n) is 6.28. The van der Waals surface area contributed by atoms with Crippen LogP contribution in [0, 0.1) is 0 Å². The number of benzene rings is 3. The molecule has 3 rings (SSSR count). The molecule has 0 bridgehead atoms. The average Bonchev–Trinajstić information content (AvgIpc) is 2.86. The lowest BCUT2D eigenvalue weighted by Crippen LogP contribution is -2.25. The predicted octanol–water partition coefficient (Wildman–Crippen LogP) is 8.24. The second-order valence-corrected chi connectivity index (χ2v) is 11.6. The molecule has 0 heterocycles. The highest BCUT2D eigenvalue weighted by atomic mass is 35.5. The zero-order chi connectivity index (χ0) is 26.7.